The zero-order valence-electron chi connectivity index (χ0n) is 10.5. The summed E-state index contributed by atoms with van der Waals surface area (Å²) in [5.41, 5.74) is 7.59. The van der Waals surface area contributed by atoms with Gasteiger partial charge in [0.05, 0.1) is 5.09 Å². The summed E-state index contributed by atoms with van der Waals surface area (Å²) in [6.45, 7) is 0. The molecule has 0 radical (unpaired) electrons. The van der Waals surface area contributed by atoms with Gasteiger partial charge in [-0.15, -0.1) is 0 Å². The van der Waals surface area contributed by atoms with Crippen LogP contribution < -0.4 is 10.6 Å². The van der Waals surface area contributed by atoms with E-state index >= 15 is 0 Å². The molecule has 104 valence electrons. The van der Waals surface area contributed by atoms with Gasteiger partial charge >= 0.3 is 5.96 Å². The molecule has 0 atom stereocenters. The molecule has 2 aromatic rings. The molecule has 0 aliphatic rings. The number of rotatable bonds is 2. The lowest BCUT2D eigenvalue weighted by atomic mass is 10.2. The van der Waals surface area contributed by atoms with E-state index in [4.69, 9.17) is 26.5 Å². The quantitative estimate of drug-likeness (QED) is 0.329. The Morgan fingerprint density at radius 1 is 0.950 bits per heavy atom. The van der Waals surface area contributed by atoms with Gasteiger partial charge in [-0.3, -0.25) is 0 Å². The van der Waals surface area contributed by atoms with Gasteiger partial charge in [-0.25, -0.2) is 10.3 Å². The summed E-state index contributed by atoms with van der Waals surface area (Å²) in [7, 11) is 0. The van der Waals surface area contributed by atoms with E-state index in [1.54, 1.807) is 0 Å². The van der Waals surface area contributed by atoms with Crippen LogP contribution in [0.3, 0.4) is 0 Å². The molecule has 0 bridgehead atoms. The van der Waals surface area contributed by atoms with Gasteiger partial charge in [-0.05, 0) is 24.3 Å². The van der Waals surface area contributed by atoms with E-state index < -0.39 is 5.09 Å². The van der Waals surface area contributed by atoms with E-state index in [-0.39, 0.29) is 5.96 Å². The molecule has 0 spiro atoms. The van der Waals surface area contributed by atoms with Crippen molar-refractivity contribution in [3.05, 3.63) is 76.0 Å². The summed E-state index contributed by atoms with van der Waals surface area (Å²) in [6, 6.07) is 19.5. The van der Waals surface area contributed by atoms with Gasteiger partial charge in [-0.1, -0.05) is 36.4 Å². The molecular weight excluding hydrogens is 260 g/mol. The van der Waals surface area contributed by atoms with E-state index in [9.17, 15) is 0 Å². The molecule has 0 aromatic heterocycles. The molecule has 0 unspecified atom stereocenters. The third-order valence-electron chi connectivity index (χ3n) is 2.39. The maximum atomic E-state index is 8.25. The van der Waals surface area contributed by atoms with Crippen LogP contribution in [0.15, 0.2) is 60.7 Å². The molecule has 7 heteroatoms. The topological polar surface area (TPSA) is 121 Å². The number of guanidine groups is 1. The number of para-hydroxylation sites is 2. The van der Waals surface area contributed by atoms with Crippen LogP contribution in [-0.4, -0.2) is 11.0 Å². The van der Waals surface area contributed by atoms with E-state index in [0.717, 1.165) is 16.3 Å². The predicted molar refractivity (Wildman–Crippen MR) is 75.4 cm³/mol. The van der Waals surface area contributed by atoms with Gasteiger partial charge in [0, 0.05) is 0 Å². The Hall–Kier alpha value is -2.93. The fourth-order valence-electron chi connectivity index (χ4n) is 1.69. The van der Waals surface area contributed by atoms with Gasteiger partial charge < -0.3 is 21.1 Å². The minimum absolute atomic E-state index is 0.0948. The Morgan fingerprint density at radius 2 is 1.25 bits per heavy atom. The van der Waals surface area contributed by atoms with Crippen molar-refractivity contribution in [2.24, 2.45) is 5.73 Å². The number of quaternary nitrogens is 1. The summed E-state index contributed by atoms with van der Waals surface area (Å²) in [5, 5.41) is 22.4. The van der Waals surface area contributed by atoms with E-state index in [0.29, 0.717) is 0 Å². The zero-order valence-corrected chi connectivity index (χ0v) is 10.5. The van der Waals surface area contributed by atoms with E-state index in [1.165, 1.54) is 0 Å². The number of nitrogens with one attached hydrogen (secondary N) is 2. The van der Waals surface area contributed by atoms with Crippen LogP contribution in [0.1, 0.15) is 0 Å². The second kappa shape index (κ2) is 7.49. The van der Waals surface area contributed by atoms with Crippen molar-refractivity contribution in [1.82, 2.24) is 0 Å². The molecule has 0 heterocycles. The number of hydrogen-bond acceptors (Lipinski definition) is 4. The fourth-order valence-corrected chi connectivity index (χ4v) is 1.69. The van der Waals surface area contributed by atoms with Crippen LogP contribution >= 0.6 is 0 Å². The monoisotopic (exact) mass is 274 g/mol. The van der Waals surface area contributed by atoms with Gasteiger partial charge in [0.25, 0.3) is 0 Å². The van der Waals surface area contributed by atoms with Crippen LogP contribution in [0.25, 0.3) is 0 Å². The maximum Gasteiger partial charge on any atom is 0.300 e. The van der Waals surface area contributed by atoms with Crippen molar-refractivity contribution in [3.8, 4) is 0 Å². The molecule has 0 saturated carbocycles. The number of hydrogen-bond donors (Lipinski definition) is 3. The van der Waals surface area contributed by atoms with Crippen LogP contribution in [0.5, 0.6) is 0 Å². The number of nitrogens with zero attached hydrogens (tertiary/aromatic N) is 1. The van der Waals surface area contributed by atoms with Gasteiger partial charge in [-0.2, -0.15) is 0 Å². The van der Waals surface area contributed by atoms with Gasteiger partial charge in [0.15, 0.2) is 0 Å². The van der Waals surface area contributed by atoms with E-state index in [1.807, 2.05) is 60.7 Å². The summed E-state index contributed by atoms with van der Waals surface area (Å²) < 4.78 is 0. The Morgan fingerprint density at radius 3 is 1.50 bits per heavy atom. The average molecular weight is 274 g/mol. The molecule has 0 fully saturated rings. The first-order valence-electron chi connectivity index (χ1n) is 5.66. The number of nitrogens with two attached hydrogens (primary N) is 1. The highest BCUT2D eigenvalue weighted by Gasteiger charge is 2.18. The average Bonchev–Trinajstić information content (AvgIpc) is 2.40. The van der Waals surface area contributed by atoms with Crippen molar-refractivity contribution in [1.29, 1.82) is 5.41 Å². The minimum atomic E-state index is -1.75. The largest absolute Gasteiger partial charge is 0.356 e. The highest BCUT2D eigenvalue weighted by atomic mass is 16.9. The molecule has 0 aliphatic heterocycles. The lowest BCUT2D eigenvalue weighted by molar-refractivity contribution is -0.653. The van der Waals surface area contributed by atoms with Gasteiger partial charge in [0.2, 0.25) is 0 Å². The molecule has 2 aromatic carbocycles. The van der Waals surface area contributed by atoms with Gasteiger partial charge in [0.1, 0.15) is 11.4 Å². The molecular formula is C13H14N4O3. The standard InChI is InChI=1S/C13H13N3.NO3/c14-13(15)16(11-7-3-1-4-8-11)12-9-5-2-6-10-12;2-1(3)4/h1-10H,(H3,14,15);/q;-1/p+1. The number of benzene rings is 2. The highest BCUT2D eigenvalue weighted by molar-refractivity contribution is 5.71. The van der Waals surface area contributed by atoms with Crippen molar-refractivity contribution < 1.29 is 9.99 Å². The fraction of sp³-hybridized carbons (Fsp3) is 0. The van der Waals surface area contributed by atoms with Crippen LogP contribution in [0, 0.1) is 20.7 Å². The van der Waals surface area contributed by atoms with Crippen molar-refractivity contribution in [3.63, 3.8) is 0 Å². The summed E-state index contributed by atoms with van der Waals surface area (Å²) in [5.74, 6) is 0.0948. The summed E-state index contributed by atoms with van der Waals surface area (Å²) in [6.07, 6.45) is 0. The molecule has 7 nitrogen and oxygen atoms in total. The molecule has 2 rings (SSSR count). The molecule has 0 saturated heterocycles. The van der Waals surface area contributed by atoms with Crippen LogP contribution in [0.4, 0.5) is 11.4 Å². The minimum Gasteiger partial charge on any atom is -0.356 e. The Balaban J connectivity index is 0.000000444. The second-order valence-electron chi connectivity index (χ2n) is 3.74. The highest BCUT2D eigenvalue weighted by Crippen LogP contribution is 2.06. The third kappa shape index (κ3) is 4.75. The van der Waals surface area contributed by atoms with Crippen molar-refractivity contribution in [2.75, 3.05) is 0 Å². The lowest BCUT2D eigenvalue weighted by Gasteiger charge is -2.15. The zero-order chi connectivity index (χ0) is 15.0. The first-order chi connectivity index (χ1) is 9.52. The lowest BCUT2D eigenvalue weighted by Crippen LogP contribution is -3.07. The maximum absolute atomic E-state index is 8.25. The van der Waals surface area contributed by atoms with Crippen LogP contribution in [-0.2, 0) is 0 Å². The van der Waals surface area contributed by atoms with E-state index in [2.05, 4.69) is 0 Å². The summed E-state index contributed by atoms with van der Waals surface area (Å²) in [4.78, 5) is 9.03. The second-order valence-corrected chi connectivity index (χ2v) is 3.74. The van der Waals surface area contributed by atoms with Crippen molar-refractivity contribution >= 4 is 17.3 Å². The predicted octanol–water partition coefficient (Wildman–Crippen LogP) is 1.19. The summed E-state index contributed by atoms with van der Waals surface area (Å²) >= 11 is 0. The van der Waals surface area contributed by atoms with Crippen LogP contribution in [0.2, 0.25) is 0 Å². The smallest absolute Gasteiger partial charge is 0.300 e. The normalized spacial score (nSPS) is 9.45. The Bertz CT molecular complexity index is 517. The molecule has 4 N–H and O–H groups in total. The molecule has 20 heavy (non-hydrogen) atoms. The SMILES string of the molecule is N=C(N)[NH+](c1ccccc1)c1ccccc1.O=[N+]([O-])[O-]. The molecule has 0 amide bonds. The molecule has 0 aliphatic carbocycles. The Kier molecular flexibility index (Phi) is 5.67. The first-order valence-corrected chi connectivity index (χ1v) is 5.66. The third-order valence-corrected chi connectivity index (χ3v) is 2.39. The van der Waals surface area contributed by atoms with Crippen molar-refractivity contribution in [2.45, 2.75) is 0 Å². The Labute approximate surface area is 115 Å². The first kappa shape index (κ1) is 15.1.